The molecule has 0 radical (unpaired) electrons. The lowest BCUT2D eigenvalue weighted by atomic mass is 9.98. The first-order valence-electron chi connectivity index (χ1n) is 13.3. The zero-order chi connectivity index (χ0) is 28.8. The van der Waals surface area contributed by atoms with Crippen LogP contribution in [0.3, 0.4) is 0 Å². The Kier molecular flexibility index (Phi) is 9.43. The molecule has 3 heterocycles. The van der Waals surface area contributed by atoms with E-state index in [-0.39, 0.29) is 24.9 Å². The van der Waals surface area contributed by atoms with Crippen LogP contribution in [0.4, 0.5) is 5.82 Å². The fraction of sp³-hybridized carbons (Fsp3) is 0.481. The van der Waals surface area contributed by atoms with Gasteiger partial charge in [-0.05, 0) is 49.9 Å². The SMILES string of the molecule is CCC(CC)COC(=O)C(C)NP(=O)(OCC1CCC(C#N)(c2ccc3c(N)ncnn23)O1)Oc1ccccc1. The number of ether oxygens (including phenoxy) is 2. The Hall–Kier alpha value is -3.49. The number of carbonyl (C=O) groups excluding carboxylic acids is 1. The van der Waals surface area contributed by atoms with Crippen molar-refractivity contribution in [2.45, 2.75) is 64.2 Å². The quantitative estimate of drug-likeness (QED) is 0.221. The molecule has 40 heavy (non-hydrogen) atoms. The van der Waals surface area contributed by atoms with E-state index in [4.69, 9.17) is 24.3 Å². The van der Waals surface area contributed by atoms with Gasteiger partial charge in [0.15, 0.2) is 11.4 Å². The topological polar surface area (TPSA) is 163 Å². The van der Waals surface area contributed by atoms with Gasteiger partial charge in [0.2, 0.25) is 0 Å². The summed E-state index contributed by atoms with van der Waals surface area (Å²) in [7, 11) is -4.08. The van der Waals surface area contributed by atoms with E-state index in [0.717, 1.165) is 12.8 Å². The maximum atomic E-state index is 13.9. The molecule has 214 valence electrons. The smallest absolute Gasteiger partial charge is 0.459 e. The number of nitrogens with two attached hydrogens (primary N) is 1. The Labute approximate surface area is 233 Å². The van der Waals surface area contributed by atoms with Crippen LogP contribution in [0.15, 0.2) is 48.8 Å². The molecule has 4 rings (SSSR count). The molecular weight excluding hydrogens is 535 g/mol. The van der Waals surface area contributed by atoms with E-state index in [0.29, 0.717) is 29.8 Å². The van der Waals surface area contributed by atoms with Crippen LogP contribution in [0.5, 0.6) is 5.75 Å². The van der Waals surface area contributed by atoms with E-state index < -0.39 is 31.5 Å². The number of aromatic nitrogens is 3. The summed E-state index contributed by atoms with van der Waals surface area (Å²) in [6, 6.07) is 13.3. The highest BCUT2D eigenvalue weighted by Gasteiger charge is 2.45. The van der Waals surface area contributed by atoms with E-state index >= 15 is 0 Å². The molecular formula is C27H35N6O6P. The molecule has 4 atom stereocenters. The van der Waals surface area contributed by atoms with Gasteiger partial charge in [-0.3, -0.25) is 9.32 Å². The Morgan fingerprint density at radius 1 is 1.30 bits per heavy atom. The number of carbonyl (C=O) groups is 1. The van der Waals surface area contributed by atoms with Crippen LogP contribution in [0.1, 0.15) is 52.1 Å². The van der Waals surface area contributed by atoms with Crippen molar-refractivity contribution in [3.05, 3.63) is 54.5 Å². The number of nitrogens with one attached hydrogen (secondary N) is 1. The predicted molar refractivity (Wildman–Crippen MR) is 147 cm³/mol. The molecule has 0 saturated carbocycles. The van der Waals surface area contributed by atoms with E-state index in [9.17, 15) is 14.6 Å². The third-order valence-electron chi connectivity index (χ3n) is 6.98. The molecule has 12 nitrogen and oxygen atoms in total. The Bertz CT molecular complexity index is 1390. The van der Waals surface area contributed by atoms with Crippen molar-refractivity contribution in [3.63, 3.8) is 0 Å². The van der Waals surface area contributed by atoms with Gasteiger partial charge in [0.25, 0.3) is 0 Å². The highest BCUT2D eigenvalue weighted by molar-refractivity contribution is 7.52. The predicted octanol–water partition coefficient (Wildman–Crippen LogP) is 4.37. The number of nitrogens with zero attached hydrogens (tertiary/aromatic N) is 4. The van der Waals surface area contributed by atoms with Gasteiger partial charge < -0.3 is 19.7 Å². The number of para-hydroxylation sites is 1. The molecule has 1 fully saturated rings. The first-order valence-corrected chi connectivity index (χ1v) is 14.9. The van der Waals surface area contributed by atoms with Crippen LogP contribution in [0.2, 0.25) is 0 Å². The number of benzene rings is 1. The summed E-state index contributed by atoms with van der Waals surface area (Å²) in [4.78, 5) is 16.6. The lowest BCUT2D eigenvalue weighted by molar-refractivity contribution is -0.146. The number of rotatable bonds is 13. The Balaban J connectivity index is 1.46. The van der Waals surface area contributed by atoms with Crippen LogP contribution in [-0.2, 0) is 29.0 Å². The molecule has 1 aromatic carbocycles. The third-order valence-corrected chi connectivity index (χ3v) is 8.63. The second-order valence-electron chi connectivity index (χ2n) is 9.74. The monoisotopic (exact) mass is 570 g/mol. The lowest BCUT2D eigenvalue weighted by Gasteiger charge is -2.25. The Morgan fingerprint density at radius 2 is 2.05 bits per heavy atom. The van der Waals surface area contributed by atoms with Crippen molar-refractivity contribution in [2.75, 3.05) is 18.9 Å². The zero-order valence-corrected chi connectivity index (χ0v) is 23.8. The van der Waals surface area contributed by atoms with Crippen LogP contribution >= 0.6 is 7.75 Å². The summed E-state index contributed by atoms with van der Waals surface area (Å²) in [5, 5.41) is 17.0. The van der Waals surface area contributed by atoms with Crippen LogP contribution in [0, 0.1) is 17.2 Å². The fourth-order valence-corrected chi connectivity index (χ4v) is 6.02. The van der Waals surface area contributed by atoms with Gasteiger partial charge in [-0.15, -0.1) is 0 Å². The van der Waals surface area contributed by atoms with Gasteiger partial charge in [-0.1, -0.05) is 44.9 Å². The summed E-state index contributed by atoms with van der Waals surface area (Å²) < 4.78 is 38.5. The standard InChI is InChI=1S/C27H35N6O6P/c1-4-20(5-2)15-36-26(34)19(3)32-40(35,39-21-9-7-6-8-10-21)37-16-22-13-14-27(17-28,38-22)24-12-11-23-25(29)30-18-31-33(23)24/h6-12,18-20,22H,4-5,13-16H2,1-3H3,(H,32,35)(H2,29,30,31). The number of nitriles is 1. The second kappa shape index (κ2) is 12.8. The zero-order valence-electron chi connectivity index (χ0n) is 22.9. The second-order valence-corrected chi connectivity index (χ2v) is 11.4. The lowest BCUT2D eigenvalue weighted by Crippen LogP contribution is -2.36. The molecule has 2 aromatic heterocycles. The van der Waals surface area contributed by atoms with Crippen molar-refractivity contribution in [2.24, 2.45) is 5.92 Å². The number of esters is 1. The molecule has 1 aliphatic rings. The molecule has 0 spiro atoms. The first kappa shape index (κ1) is 29.5. The van der Waals surface area contributed by atoms with Gasteiger partial charge in [0.05, 0.1) is 25.0 Å². The molecule has 1 aliphatic heterocycles. The van der Waals surface area contributed by atoms with Crippen molar-refractivity contribution in [1.82, 2.24) is 19.7 Å². The van der Waals surface area contributed by atoms with E-state index in [1.165, 1.54) is 17.8 Å². The average Bonchev–Trinajstić information content (AvgIpc) is 3.59. The highest BCUT2D eigenvalue weighted by Crippen LogP contribution is 2.47. The fourth-order valence-electron chi connectivity index (χ4n) is 4.50. The molecule has 0 aliphatic carbocycles. The van der Waals surface area contributed by atoms with Gasteiger partial charge in [-0.25, -0.2) is 14.1 Å². The molecule has 4 unspecified atom stereocenters. The first-order chi connectivity index (χ1) is 19.2. The van der Waals surface area contributed by atoms with Crippen LogP contribution in [0.25, 0.3) is 5.52 Å². The summed E-state index contributed by atoms with van der Waals surface area (Å²) in [5.41, 5.74) is 5.70. The summed E-state index contributed by atoms with van der Waals surface area (Å²) in [6.07, 6.45) is 3.29. The third kappa shape index (κ3) is 6.62. The van der Waals surface area contributed by atoms with Gasteiger partial charge >= 0.3 is 13.7 Å². The number of fused-ring (bicyclic) bond motifs is 1. The molecule has 1 saturated heterocycles. The van der Waals surface area contributed by atoms with Crippen LogP contribution < -0.4 is 15.3 Å². The molecule has 3 aromatic rings. The minimum absolute atomic E-state index is 0.156. The minimum atomic E-state index is -4.08. The molecule has 3 N–H and O–H groups in total. The highest BCUT2D eigenvalue weighted by atomic mass is 31.2. The van der Waals surface area contributed by atoms with Gasteiger partial charge in [0, 0.05) is 0 Å². The average molecular weight is 571 g/mol. The van der Waals surface area contributed by atoms with Crippen molar-refractivity contribution in [1.29, 1.82) is 5.26 Å². The van der Waals surface area contributed by atoms with Crippen LogP contribution in [-0.4, -0.2) is 45.9 Å². The normalized spacial score (nSPS) is 21.1. The van der Waals surface area contributed by atoms with E-state index in [1.54, 1.807) is 42.5 Å². The van der Waals surface area contributed by atoms with Crippen molar-refractivity contribution < 1.29 is 27.9 Å². The van der Waals surface area contributed by atoms with Crippen molar-refractivity contribution >= 4 is 25.1 Å². The number of nitrogen functional groups attached to an aromatic ring is 1. The van der Waals surface area contributed by atoms with Crippen molar-refractivity contribution in [3.8, 4) is 11.8 Å². The Morgan fingerprint density at radius 3 is 2.75 bits per heavy atom. The van der Waals surface area contributed by atoms with Gasteiger partial charge in [0.1, 0.15) is 29.7 Å². The number of hydrogen-bond acceptors (Lipinski definition) is 10. The van der Waals surface area contributed by atoms with E-state index in [2.05, 4.69) is 21.2 Å². The summed E-state index contributed by atoms with van der Waals surface area (Å²) in [5.74, 6) is 0.270. The minimum Gasteiger partial charge on any atom is -0.464 e. The number of hydrogen-bond donors (Lipinski definition) is 2. The summed E-state index contributed by atoms with van der Waals surface area (Å²) >= 11 is 0. The largest absolute Gasteiger partial charge is 0.464 e. The maximum Gasteiger partial charge on any atom is 0.459 e. The van der Waals surface area contributed by atoms with E-state index in [1.807, 2.05) is 13.8 Å². The van der Waals surface area contributed by atoms with Gasteiger partial charge in [-0.2, -0.15) is 15.4 Å². The molecule has 0 amide bonds. The molecule has 0 bridgehead atoms. The maximum absolute atomic E-state index is 13.9. The summed E-state index contributed by atoms with van der Waals surface area (Å²) in [6.45, 7) is 5.73. The molecule has 13 heteroatoms. The number of anilines is 1.